The Morgan fingerprint density at radius 3 is 3.00 bits per heavy atom. The van der Waals surface area contributed by atoms with E-state index in [9.17, 15) is 4.79 Å². The molecule has 3 nitrogen and oxygen atoms in total. The van der Waals surface area contributed by atoms with Crippen LogP contribution in [0.4, 0.5) is 0 Å². The Labute approximate surface area is 92.1 Å². The molecule has 1 aliphatic rings. The van der Waals surface area contributed by atoms with E-state index in [-0.39, 0.29) is 5.97 Å². The predicted octanol–water partition coefficient (Wildman–Crippen LogP) is 1.98. The molecule has 86 valence electrons. The number of nitrogens with zero attached hydrogens (tertiary/aromatic N) is 1. The molecule has 0 bridgehead atoms. The van der Waals surface area contributed by atoms with Crippen LogP contribution >= 0.6 is 0 Å². The van der Waals surface area contributed by atoms with Gasteiger partial charge in [-0.3, -0.25) is 9.69 Å². The van der Waals surface area contributed by atoms with Crippen LogP contribution in [0, 0.1) is 0 Å². The molecule has 0 amide bonds. The van der Waals surface area contributed by atoms with Crippen LogP contribution in [0.1, 0.15) is 32.6 Å². The zero-order valence-corrected chi connectivity index (χ0v) is 9.74. The fourth-order valence-electron chi connectivity index (χ4n) is 1.83. The smallest absolute Gasteiger partial charge is 0.307 e. The monoisotopic (exact) mass is 211 g/mol. The Morgan fingerprint density at radius 2 is 2.40 bits per heavy atom. The van der Waals surface area contributed by atoms with Crippen molar-refractivity contribution in [1.82, 2.24) is 4.90 Å². The summed E-state index contributed by atoms with van der Waals surface area (Å²) in [7, 11) is 2.07. The van der Waals surface area contributed by atoms with Gasteiger partial charge in [-0.15, -0.1) is 0 Å². The maximum atomic E-state index is 11.2. The zero-order chi connectivity index (χ0) is 11.1. The van der Waals surface area contributed by atoms with E-state index in [1.165, 1.54) is 19.3 Å². The highest BCUT2D eigenvalue weighted by atomic mass is 16.5. The zero-order valence-electron chi connectivity index (χ0n) is 9.74. The fraction of sp³-hybridized carbons (Fsp3) is 0.750. The standard InChI is InChI=1S/C12H21NO2/c1-3-15-12(14)9-10-13(2)11-7-5-4-6-8-11/h5,7,11H,3-4,6,8-10H2,1-2H3. The molecular formula is C12H21NO2. The molecule has 0 aromatic heterocycles. The highest BCUT2D eigenvalue weighted by Gasteiger charge is 2.14. The number of carbonyl (C=O) groups is 1. The SMILES string of the molecule is CCOC(=O)CCN(C)C1C=CCCC1. The van der Waals surface area contributed by atoms with Gasteiger partial charge < -0.3 is 4.74 Å². The molecule has 1 aliphatic carbocycles. The van der Waals surface area contributed by atoms with Crippen molar-refractivity contribution in [3.63, 3.8) is 0 Å². The second kappa shape index (κ2) is 6.62. The van der Waals surface area contributed by atoms with Crippen LogP contribution in [0.2, 0.25) is 0 Å². The number of hydrogen-bond donors (Lipinski definition) is 0. The maximum Gasteiger partial charge on any atom is 0.307 e. The molecule has 0 heterocycles. The predicted molar refractivity (Wildman–Crippen MR) is 60.7 cm³/mol. The number of likely N-dealkylation sites (N-methyl/N-ethyl adjacent to an activating group) is 1. The molecule has 15 heavy (non-hydrogen) atoms. The van der Waals surface area contributed by atoms with Crippen molar-refractivity contribution in [1.29, 1.82) is 0 Å². The first-order chi connectivity index (χ1) is 7.24. The summed E-state index contributed by atoms with van der Waals surface area (Å²) in [6.45, 7) is 3.10. The van der Waals surface area contributed by atoms with E-state index in [1.807, 2.05) is 6.92 Å². The summed E-state index contributed by atoms with van der Waals surface area (Å²) >= 11 is 0. The Balaban J connectivity index is 2.22. The lowest BCUT2D eigenvalue weighted by Crippen LogP contribution is -2.33. The van der Waals surface area contributed by atoms with Gasteiger partial charge in [-0.05, 0) is 33.2 Å². The molecule has 0 saturated carbocycles. The second-order valence-corrected chi connectivity index (χ2v) is 3.96. The summed E-state index contributed by atoms with van der Waals surface area (Å²) in [4.78, 5) is 13.4. The fourth-order valence-corrected chi connectivity index (χ4v) is 1.83. The summed E-state index contributed by atoms with van der Waals surface area (Å²) in [5.74, 6) is -0.0934. The first kappa shape index (κ1) is 12.2. The lowest BCUT2D eigenvalue weighted by Gasteiger charge is -2.27. The van der Waals surface area contributed by atoms with Gasteiger partial charge in [0.2, 0.25) is 0 Å². The minimum absolute atomic E-state index is 0.0934. The van der Waals surface area contributed by atoms with Crippen molar-refractivity contribution in [2.45, 2.75) is 38.6 Å². The van der Waals surface area contributed by atoms with Gasteiger partial charge in [0.25, 0.3) is 0 Å². The number of rotatable bonds is 5. The summed E-state index contributed by atoms with van der Waals surface area (Å²) in [5.41, 5.74) is 0. The molecule has 0 spiro atoms. The van der Waals surface area contributed by atoms with Crippen LogP contribution in [-0.2, 0) is 9.53 Å². The van der Waals surface area contributed by atoms with E-state index in [4.69, 9.17) is 4.74 Å². The minimum Gasteiger partial charge on any atom is -0.466 e. The molecule has 0 aromatic rings. The van der Waals surface area contributed by atoms with Crippen molar-refractivity contribution >= 4 is 5.97 Å². The van der Waals surface area contributed by atoms with Crippen molar-refractivity contribution in [3.05, 3.63) is 12.2 Å². The van der Waals surface area contributed by atoms with Crippen LogP contribution in [0.5, 0.6) is 0 Å². The molecule has 0 aliphatic heterocycles. The van der Waals surface area contributed by atoms with Crippen LogP contribution in [-0.4, -0.2) is 37.1 Å². The molecule has 0 radical (unpaired) electrons. The van der Waals surface area contributed by atoms with E-state index in [1.54, 1.807) is 0 Å². The molecule has 0 N–H and O–H groups in total. The first-order valence-electron chi connectivity index (χ1n) is 5.76. The van der Waals surface area contributed by atoms with Crippen LogP contribution < -0.4 is 0 Å². The number of ether oxygens (including phenoxy) is 1. The Morgan fingerprint density at radius 1 is 1.60 bits per heavy atom. The average Bonchev–Trinajstić information content (AvgIpc) is 2.27. The normalized spacial score (nSPS) is 20.6. The third-order valence-corrected chi connectivity index (χ3v) is 2.77. The molecule has 0 aromatic carbocycles. The van der Waals surface area contributed by atoms with Crippen molar-refractivity contribution in [3.8, 4) is 0 Å². The lowest BCUT2D eigenvalue weighted by atomic mass is 10.0. The van der Waals surface area contributed by atoms with Gasteiger partial charge in [0.1, 0.15) is 0 Å². The third kappa shape index (κ3) is 4.47. The molecule has 1 rings (SSSR count). The summed E-state index contributed by atoms with van der Waals surface area (Å²) in [6.07, 6.45) is 8.63. The van der Waals surface area contributed by atoms with Gasteiger partial charge in [0.15, 0.2) is 0 Å². The summed E-state index contributed by atoms with van der Waals surface area (Å²) < 4.78 is 4.90. The van der Waals surface area contributed by atoms with Crippen molar-refractivity contribution in [2.24, 2.45) is 0 Å². The quantitative estimate of drug-likeness (QED) is 0.514. The highest BCUT2D eigenvalue weighted by molar-refractivity contribution is 5.69. The number of esters is 1. The van der Waals surface area contributed by atoms with Gasteiger partial charge in [-0.1, -0.05) is 12.2 Å². The van der Waals surface area contributed by atoms with Crippen LogP contribution in [0.15, 0.2) is 12.2 Å². The van der Waals surface area contributed by atoms with E-state index in [0.717, 1.165) is 6.54 Å². The van der Waals surface area contributed by atoms with Crippen LogP contribution in [0.3, 0.4) is 0 Å². The topological polar surface area (TPSA) is 29.5 Å². The number of allylic oxidation sites excluding steroid dienone is 1. The molecule has 1 atom stereocenters. The van der Waals surface area contributed by atoms with Crippen molar-refractivity contribution in [2.75, 3.05) is 20.2 Å². The van der Waals surface area contributed by atoms with Gasteiger partial charge in [0, 0.05) is 12.6 Å². The van der Waals surface area contributed by atoms with Gasteiger partial charge in [0.05, 0.1) is 13.0 Å². The minimum atomic E-state index is -0.0934. The Hall–Kier alpha value is -0.830. The van der Waals surface area contributed by atoms with Gasteiger partial charge in [-0.2, -0.15) is 0 Å². The number of carbonyl (C=O) groups excluding carboxylic acids is 1. The molecule has 0 fully saturated rings. The summed E-state index contributed by atoms with van der Waals surface area (Å²) in [6, 6.07) is 0.508. The molecule has 0 saturated heterocycles. The Bertz CT molecular complexity index is 226. The van der Waals surface area contributed by atoms with Gasteiger partial charge in [-0.25, -0.2) is 0 Å². The first-order valence-corrected chi connectivity index (χ1v) is 5.76. The van der Waals surface area contributed by atoms with E-state index in [0.29, 0.717) is 19.1 Å². The highest BCUT2D eigenvalue weighted by Crippen LogP contribution is 2.15. The van der Waals surface area contributed by atoms with Crippen molar-refractivity contribution < 1.29 is 9.53 Å². The molecule has 1 unspecified atom stereocenters. The van der Waals surface area contributed by atoms with Gasteiger partial charge >= 0.3 is 5.97 Å². The largest absolute Gasteiger partial charge is 0.466 e. The summed E-state index contributed by atoms with van der Waals surface area (Å²) in [5, 5.41) is 0. The number of hydrogen-bond acceptors (Lipinski definition) is 3. The lowest BCUT2D eigenvalue weighted by molar-refractivity contribution is -0.143. The maximum absolute atomic E-state index is 11.2. The Kier molecular flexibility index (Phi) is 5.40. The second-order valence-electron chi connectivity index (χ2n) is 3.96. The third-order valence-electron chi connectivity index (χ3n) is 2.77. The van der Waals surface area contributed by atoms with E-state index < -0.39 is 0 Å². The average molecular weight is 211 g/mol. The molecule has 3 heteroatoms. The molecular weight excluding hydrogens is 190 g/mol. The van der Waals surface area contributed by atoms with E-state index >= 15 is 0 Å². The van der Waals surface area contributed by atoms with E-state index in [2.05, 4.69) is 24.1 Å². The van der Waals surface area contributed by atoms with Crippen LogP contribution in [0.25, 0.3) is 0 Å².